The zero-order valence-electron chi connectivity index (χ0n) is 11.7. The van der Waals surface area contributed by atoms with Crippen LogP contribution in [0.4, 0.5) is 4.79 Å². The number of carbonyl (C=O) groups is 1. The summed E-state index contributed by atoms with van der Waals surface area (Å²) in [5, 5.41) is 0. The second kappa shape index (κ2) is 9.88. The van der Waals surface area contributed by atoms with Gasteiger partial charge in [-0.1, -0.05) is 34.7 Å². The van der Waals surface area contributed by atoms with Gasteiger partial charge in [-0.05, 0) is 12.5 Å². The Morgan fingerprint density at radius 3 is 2.00 bits per heavy atom. The van der Waals surface area contributed by atoms with Gasteiger partial charge < -0.3 is 22.9 Å². The standard InChI is InChI=1S/C10H15N5.CH2N2O3S/c1-7(8-5-3-2-4-6-8)14-10(13)15-9(11)12;2-1(4)3-7(5)6/h2-7H,1H3,(H6,11,12,13,14,15);(H2,2,4). The Hall–Kier alpha value is -2.95. The molecule has 0 radical (unpaired) electrons. The highest BCUT2D eigenvalue weighted by Gasteiger charge is 2.02. The van der Waals surface area contributed by atoms with Crippen LogP contribution in [-0.4, -0.2) is 26.4 Å². The van der Waals surface area contributed by atoms with Gasteiger partial charge in [0.15, 0.2) is 5.96 Å². The average molecular weight is 327 g/mol. The predicted molar refractivity (Wildman–Crippen MR) is 83.2 cm³/mol. The van der Waals surface area contributed by atoms with E-state index in [1.165, 1.54) is 0 Å². The van der Waals surface area contributed by atoms with Gasteiger partial charge in [-0.2, -0.15) is 13.4 Å². The van der Waals surface area contributed by atoms with Crippen LogP contribution in [0.5, 0.6) is 0 Å². The number of rotatable bonds is 2. The van der Waals surface area contributed by atoms with Gasteiger partial charge in [0.1, 0.15) is 0 Å². The van der Waals surface area contributed by atoms with Crippen LogP contribution in [-0.2, 0) is 10.5 Å². The molecule has 1 rings (SSSR count). The number of carbonyl (C=O) groups excluding carboxylic acids is 1. The molecule has 120 valence electrons. The fraction of sp³-hybridized carbons (Fsp3) is 0.182. The lowest BCUT2D eigenvalue weighted by atomic mass is 10.1. The highest BCUT2D eigenvalue weighted by molar-refractivity contribution is 7.62. The van der Waals surface area contributed by atoms with Gasteiger partial charge in [-0.3, -0.25) is 0 Å². The molecule has 8 N–H and O–H groups in total. The van der Waals surface area contributed by atoms with Crippen molar-refractivity contribution in [3.63, 3.8) is 0 Å². The van der Waals surface area contributed by atoms with E-state index in [4.69, 9.17) is 17.2 Å². The molecule has 0 spiro atoms. The van der Waals surface area contributed by atoms with E-state index in [0.717, 1.165) is 5.56 Å². The van der Waals surface area contributed by atoms with E-state index in [9.17, 15) is 13.2 Å². The normalized spacial score (nSPS) is 11.4. The zero-order chi connectivity index (χ0) is 17.1. The Bertz CT molecular complexity index is 671. The van der Waals surface area contributed by atoms with Gasteiger partial charge in [-0.25, -0.2) is 9.79 Å². The van der Waals surface area contributed by atoms with Crippen molar-refractivity contribution in [2.45, 2.75) is 13.0 Å². The van der Waals surface area contributed by atoms with Crippen LogP contribution in [0.2, 0.25) is 0 Å². The Morgan fingerprint density at radius 2 is 1.64 bits per heavy atom. The molecule has 1 aromatic rings. The van der Waals surface area contributed by atoms with Crippen LogP contribution in [0.25, 0.3) is 0 Å². The molecule has 2 amide bonds. The summed E-state index contributed by atoms with van der Waals surface area (Å²) in [6.45, 7) is 1.92. The molecule has 0 saturated heterocycles. The van der Waals surface area contributed by atoms with Gasteiger partial charge in [0.05, 0.1) is 6.04 Å². The maximum Gasteiger partial charge on any atom is 0.353 e. The molecule has 1 aromatic carbocycles. The molecule has 0 aliphatic heterocycles. The lowest BCUT2D eigenvalue weighted by molar-refractivity contribution is 0.257. The number of urea groups is 1. The summed E-state index contributed by atoms with van der Waals surface area (Å²) in [4.78, 5) is 17.2. The van der Waals surface area contributed by atoms with Crippen LogP contribution >= 0.6 is 0 Å². The summed E-state index contributed by atoms with van der Waals surface area (Å²) in [6.07, 6.45) is 0. The van der Waals surface area contributed by atoms with Crippen LogP contribution in [0.3, 0.4) is 0 Å². The zero-order valence-corrected chi connectivity index (χ0v) is 12.6. The van der Waals surface area contributed by atoms with Crippen LogP contribution < -0.4 is 22.9 Å². The molecule has 0 fully saturated rings. The van der Waals surface area contributed by atoms with Gasteiger partial charge >= 0.3 is 16.5 Å². The van der Waals surface area contributed by atoms with Crippen molar-refractivity contribution in [3.05, 3.63) is 35.9 Å². The first-order valence-corrected chi connectivity index (χ1v) is 6.84. The Balaban J connectivity index is 0.000000534. The van der Waals surface area contributed by atoms with Crippen LogP contribution in [0, 0.1) is 0 Å². The summed E-state index contributed by atoms with van der Waals surface area (Å²) in [7, 11) is -2.70. The van der Waals surface area contributed by atoms with Crippen molar-refractivity contribution in [1.82, 2.24) is 0 Å². The SMILES string of the molecule is CC(N=C(N)N=C(N)N)c1ccccc1.NC(=O)N=S(=O)=O. The maximum atomic E-state index is 9.47. The quantitative estimate of drug-likeness (QED) is 0.416. The van der Waals surface area contributed by atoms with Crippen molar-refractivity contribution in [1.29, 1.82) is 0 Å². The number of hydrogen-bond donors (Lipinski definition) is 4. The minimum absolute atomic E-state index is 0.0608. The predicted octanol–water partition coefficient (Wildman–Crippen LogP) is -0.536. The number of primary amides is 1. The molecule has 11 heteroatoms. The minimum Gasteiger partial charge on any atom is -0.370 e. The summed E-state index contributed by atoms with van der Waals surface area (Å²) < 4.78 is 21.0. The Kier molecular flexibility index (Phi) is 8.55. The van der Waals surface area contributed by atoms with Crippen molar-refractivity contribution in [2.75, 3.05) is 0 Å². The van der Waals surface area contributed by atoms with E-state index >= 15 is 0 Å². The summed E-state index contributed by atoms with van der Waals surface area (Å²) in [5.41, 5.74) is 21.2. The fourth-order valence-corrected chi connectivity index (χ4v) is 1.39. The second-order valence-corrected chi connectivity index (χ2v) is 4.37. The number of nitrogens with two attached hydrogens (primary N) is 4. The Morgan fingerprint density at radius 1 is 1.09 bits per heavy atom. The van der Waals surface area contributed by atoms with Crippen molar-refractivity contribution >= 4 is 28.5 Å². The molecule has 1 atom stereocenters. The fourth-order valence-electron chi connectivity index (χ4n) is 1.24. The molecule has 0 aromatic heterocycles. The summed E-state index contributed by atoms with van der Waals surface area (Å²) >= 11 is 0. The van der Waals surface area contributed by atoms with Gasteiger partial charge in [0.25, 0.3) is 0 Å². The highest BCUT2D eigenvalue weighted by atomic mass is 32.2. The number of amides is 2. The first-order valence-electron chi connectivity index (χ1n) is 5.80. The lowest BCUT2D eigenvalue weighted by Crippen LogP contribution is -2.26. The number of aliphatic imine (C=N–C) groups is 2. The third-order valence-corrected chi connectivity index (χ3v) is 2.35. The maximum absolute atomic E-state index is 9.47. The molecule has 0 aliphatic carbocycles. The van der Waals surface area contributed by atoms with Crippen LogP contribution in [0.1, 0.15) is 18.5 Å². The van der Waals surface area contributed by atoms with Crippen molar-refractivity contribution < 1.29 is 13.2 Å². The third-order valence-electron chi connectivity index (χ3n) is 2.02. The molecule has 0 heterocycles. The summed E-state index contributed by atoms with van der Waals surface area (Å²) in [5.74, 6) is 0.00265. The first kappa shape index (κ1) is 19.1. The van der Waals surface area contributed by atoms with Crippen molar-refractivity contribution in [2.24, 2.45) is 37.3 Å². The number of nitrogens with zero attached hydrogens (tertiary/aromatic N) is 3. The van der Waals surface area contributed by atoms with E-state index < -0.39 is 16.5 Å². The molecular formula is C11H17N7O3S. The topological polar surface area (TPSA) is 192 Å². The molecule has 10 nitrogen and oxygen atoms in total. The molecule has 1 unspecified atom stereocenters. The van der Waals surface area contributed by atoms with E-state index in [1.807, 2.05) is 37.3 Å². The monoisotopic (exact) mass is 327 g/mol. The highest BCUT2D eigenvalue weighted by Crippen LogP contribution is 2.15. The number of hydrogen-bond acceptors (Lipinski definition) is 4. The summed E-state index contributed by atoms with van der Waals surface area (Å²) in [6, 6.07) is 8.51. The number of guanidine groups is 2. The molecule has 22 heavy (non-hydrogen) atoms. The smallest absolute Gasteiger partial charge is 0.353 e. The van der Waals surface area contributed by atoms with E-state index in [-0.39, 0.29) is 18.0 Å². The second-order valence-electron chi connectivity index (χ2n) is 3.76. The Labute approximate surface area is 128 Å². The van der Waals surface area contributed by atoms with Gasteiger partial charge in [0.2, 0.25) is 5.96 Å². The lowest BCUT2D eigenvalue weighted by Gasteiger charge is -2.06. The molecular weight excluding hydrogens is 310 g/mol. The van der Waals surface area contributed by atoms with Gasteiger partial charge in [0, 0.05) is 0 Å². The largest absolute Gasteiger partial charge is 0.370 e. The van der Waals surface area contributed by atoms with Gasteiger partial charge in [-0.15, -0.1) is 0 Å². The molecule has 0 saturated carbocycles. The van der Waals surface area contributed by atoms with E-state index in [0.29, 0.717) is 0 Å². The van der Waals surface area contributed by atoms with E-state index in [1.54, 1.807) is 0 Å². The third kappa shape index (κ3) is 9.91. The molecule has 0 aliphatic rings. The van der Waals surface area contributed by atoms with Crippen molar-refractivity contribution in [3.8, 4) is 0 Å². The van der Waals surface area contributed by atoms with E-state index in [2.05, 4.69) is 20.1 Å². The first-order chi connectivity index (χ1) is 10.2. The number of benzene rings is 1. The minimum atomic E-state index is -2.70. The molecule has 0 bridgehead atoms. The van der Waals surface area contributed by atoms with Crippen LogP contribution in [0.15, 0.2) is 44.7 Å². The average Bonchev–Trinajstić information content (AvgIpc) is 2.37.